The quantitative estimate of drug-likeness (QED) is 0.527. The second-order valence-corrected chi connectivity index (χ2v) is 5.34. The molecule has 0 aliphatic rings. The van der Waals surface area contributed by atoms with Crippen molar-refractivity contribution in [2.45, 2.75) is 0 Å². The van der Waals surface area contributed by atoms with Gasteiger partial charge in [0.05, 0.1) is 10.6 Å². The molecule has 3 rings (SSSR count). The predicted molar refractivity (Wildman–Crippen MR) is 97.8 cm³/mol. The monoisotopic (exact) mass is 349 g/mol. The van der Waals surface area contributed by atoms with Crippen molar-refractivity contribution in [1.82, 2.24) is 5.43 Å². The summed E-state index contributed by atoms with van der Waals surface area (Å²) in [6.45, 7) is 0. The lowest BCUT2D eigenvalue weighted by Crippen LogP contribution is -2.32. The number of rotatable bonds is 5. The van der Waals surface area contributed by atoms with Crippen LogP contribution in [0, 0.1) is 10.1 Å². The van der Waals surface area contributed by atoms with Crippen LogP contribution in [-0.2, 0) is 0 Å². The van der Waals surface area contributed by atoms with E-state index in [4.69, 9.17) is 4.74 Å². The van der Waals surface area contributed by atoms with Crippen LogP contribution in [0.2, 0.25) is 0 Å². The van der Waals surface area contributed by atoms with Crippen molar-refractivity contribution in [3.63, 3.8) is 0 Å². The minimum atomic E-state index is -0.732. The topological polar surface area (TPSA) is 93.5 Å². The van der Waals surface area contributed by atoms with Crippen molar-refractivity contribution in [2.75, 3.05) is 5.43 Å². The number of carbonyl (C=O) groups is 1. The van der Waals surface area contributed by atoms with Gasteiger partial charge < -0.3 is 4.74 Å². The van der Waals surface area contributed by atoms with Crippen molar-refractivity contribution in [1.29, 1.82) is 0 Å². The maximum atomic E-state index is 11.8. The Morgan fingerprint density at radius 2 is 1.58 bits per heavy atom. The van der Waals surface area contributed by atoms with E-state index in [0.29, 0.717) is 5.69 Å². The molecule has 26 heavy (non-hydrogen) atoms. The molecule has 0 bridgehead atoms. The second kappa shape index (κ2) is 7.80. The second-order valence-electron chi connectivity index (χ2n) is 5.34. The van der Waals surface area contributed by atoms with Gasteiger partial charge in [0.2, 0.25) is 0 Å². The molecule has 0 heterocycles. The third-order valence-corrected chi connectivity index (χ3v) is 3.54. The Hall–Kier alpha value is -3.87. The summed E-state index contributed by atoms with van der Waals surface area (Å²) in [6.07, 6.45) is -0.732. The van der Waals surface area contributed by atoms with Crippen molar-refractivity contribution in [3.05, 3.63) is 89.0 Å². The van der Waals surface area contributed by atoms with Crippen LogP contribution in [0.3, 0.4) is 0 Å². The molecule has 0 saturated heterocycles. The predicted octanol–water partition coefficient (Wildman–Crippen LogP) is 4.38. The van der Waals surface area contributed by atoms with Crippen LogP contribution in [0.4, 0.5) is 16.2 Å². The molecule has 7 heteroatoms. The molecular formula is C19H15N3O4. The van der Waals surface area contributed by atoms with E-state index in [2.05, 4.69) is 10.9 Å². The van der Waals surface area contributed by atoms with Crippen molar-refractivity contribution >= 4 is 17.5 Å². The van der Waals surface area contributed by atoms with Crippen LogP contribution in [0.5, 0.6) is 5.75 Å². The minimum Gasteiger partial charge on any atom is -0.409 e. The van der Waals surface area contributed by atoms with Crippen molar-refractivity contribution < 1.29 is 14.5 Å². The first kappa shape index (κ1) is 17.0. The van der Waals surface area contributed by atoms with Gasteiger partial charge in [-0.3, -0.25) is 15.5 Å². The number of hydrogen-bond donors (Lipinski definition) is 2. The van der Waals surface area contributed by atoms with E-state index in [9.17, 15) is 14.9 Å². The summed E-state index contributed by atoms with van der Waals surface area (Å²) in [4.78, 5) is 21.9. The number of benzene rings is 3. The van der Waals surface area contributed by atoms with Crippen LogP contribution >= 0.6 is 0 Å². The summed E-state index contributed by atoms with van der Waals surface area (Å²) in [6, 6.07) is 22.6. The number of nitrogens with one attached hydrogen (secondary N) is 2. The Morgan fingerprint density at radius 1 is 0.885 bits per heavy atom. The van der Waals surface area contributed by atoms with Crippen molar-refractivity contribution in [2.24, 2.45) is 0 Å². The molecule has 0 radical (unpaired) electrons. The smallest absolute Gasteiger partial charge is 0.409 e. The van der Waals surface area contributed by atoms with Gasteiger partial charge in [-0.1, -0.05) is 42.5 Å². The lowest BCUT2D eigenvalue weighted by molar-refractivity contribution is -0.384. The van der Waals surface area contributed by atoms with Crippen LogP contribution in [-0.4, -0.2) is 11.0 Å². The largest absolute Gasteiger partial charge is 0.431 e. The molecule has 130 valence electrons. The average Bonchev–Trinajstić information content (AvgIpc) is 2.68. The first-order valence-corrected chi connectivity index (χ1v) is 7.75. The van der Waals surface area contributed by atoms with E-state index in [1.54, 1.807) is 6.07 Å². The number of nitrogens with zero attached hydrogens (tertiary/aromatic N) is 1. The molecule has 0 aliphatic carbocycles. The normalized spacial score (nSPS) is 10.0. The molecule has 0 atom stereocenters. The SMILES string of the molecule is O=C(NNc1cccc(-c2ccccc2)c1)Oc1ccc([N+](=O)[O-])cc1. The Balaban J connectivity index is 1.58. The molecule has 0 aromatic heterocycles. The summed E-state index contributed by atoms with van der Waals surface area (Å²) >= 11 is 0. The number of amides is 1. The third kappa shape index (κ3) is 4.35. The molecule has 0 aliphatic heterocycles. The van der Waals surface area contributed by atoms with Crippen LogP contribution in [0.25, 0.3) is 11.1 Å². The van der Waals surface area contributed by atoms with Gasteiger partial charge >= 0.3 is 6.09 Å². The molecule has 3 aromatic rings. The fourth-order valence-corrected chi connectivity index (χ4v) is 2.30. The van der Waals surface area contributed by atoms with E-state index in [-0.39, 0.29) is 11.4 Å². The first-order chi connectivity index (χ1) is 12.6. The number of nitro benzene ring substituents is 1. The maximum Gasteiger partial charge on any atom is 0.431 e. The zero-order valence-corrected chi connectivity index (χ0v) is 13.6. The van der Waals surface area contributed by atoms with E-state index in [0.717, 1.165) is 11.1 Å². The van der Waals surface area contributed by atoms with Gasteiger partial charge in [0.25, 0.3) is 5.69 Å². The van der Waals surface area contributed by atoms with Gasteiger partial charge in [-0.25, -0.2) is 10.2 Å². The molecular weight excluding hydrogens is 334 g/mol. The maximum absolute atomic E-state index is 11.8. The zero-order valence-electron chi connectivity index (χ0n) is 13.6. The van der Waals surface area contributed by atoms with Gasteiger partial charge in [0.15, 0.2) is 0 Å². The molecule has 0 spiro atoms. The highest BCUT2D eigenvalue weighted by atomic mass is 16.6. The number of carbonyl (C=O) groups excluding carboxylic acids is 1. The molecule has 0 saturated carbocycles. The lowest BCUT2D eigenvalue weighted by Gasteiger charge is -2.10. The number of hydrazine groups is 1. The fraction of sp³-hybridized carbons (Fsp3) is 0. The summed E-state index contributed by atoms with van der Waals surface area (Å²) in [5.74, 6) is 0.202. The Bertz CT molecular complexity index is 912. The fourth-order valence-electron chi connectivity index (χ4n) is 2.30. The first-order valence-electron chi connectivity index (χ1n) is 7.75. The summed E-state index contributed by atoms with van der Waals surface area (Å²) in [7, 11) is 0. The van der Waals surface area contributed by atoms with Crippen LogP contribution in [0.1, 0.15) is 0 Å². The van der Waals surface area contributed by atoms with E-state index in [1.165, 1.54) is 24.3 Å². The van der Waals surface area contributed by atoms with Gasteiger partial charge in [-0.2, -0.15) is 0 Å². The van der Waals surface area contributed by atoms with Gasteiger partial charge in [0.1, 0.15) is 5.75 Å². The molecule has 7 nitrogen and oxygen atoms in total. The van der Waals surface area contributed by atoms with E-state index >= 15 is 0 Å². The highest BCUT2D eigenvalue weighted by Crippen LogP contribution is 2.22. The lowest BCUT2D eigenvalue weighted by atomic mass is 10.1. The van der Waals surface area contributed by atoms with E-state index in [1.807, 2.05) is 48.5 Å². The molecule has 1 amide bonds. The molecule has 0 unspecified atom stereocenters. The number of hydrogen-bond acceptors (Lipinski definition) is 5. The summed E-state index contributed by atoms with van der Waals surface area (Å²) in [5.41, 5.74) is 7.86. The summed E-state index contributed by atoms with van der Waals surface area (Å²) < 4.78 is 5.05. The number of non-ortho nitro benzene ring substituents is 1. The number of anilines is 1. The van der Waals surface area contributed by atoms with Crippen LogP contribution in [0.15, 0.2) is 78.9 Å². The van der Waals surface area contributed by atoms with Crippen LogP contribution < -0.4 is 15.6 Å². The molecule has 3 aromatic carbocycles. The number of ether oxygens (including phenoxy) is 1. The average molecular weight is 349 g/mol. The summed E-state index contributed by atoms with van der Waals surface area (Å²) in [5, 5.41) is 10.6. The molecule has 0 fully saturated rings. The van der Waals surface area contributed by atoms with Gasteiger partial charge in [-0.05, 0) is 35.4 Å². The minimum absolute atomic E-state index is 0.0754. The highest BCUT2D eigenvalue weighted by Gasteiger charge is 2.08. The van der Waals surface area contributed by atoms with Crippen molar-refractivity contribution in [3.8, 4) is 16.9 Å². The van der Waals surface area contributed by atoms with E-state index < -0.39 is 11.0 Å². The molecule has 2 N–H and O–H groups in total. The van der Waals surface area contributed by atoms with Gasteiger partial charge in [0, 0.05) is 12.1 Å². The highest BCUT2D eigenvalue weighted by molar-refractivity contribution is 5.73. The Labute approximate surface area is 149 Å². The number of nitro groups is 1. The van der Waals surface area contributed by atoms with Gasteiger partial charge in [-0.15, -0.1) is 0 Å². The standard InChI is InChI=1S/C19H15N3O4/c23-19(26-18-11-9-17(10-12-18)22(24)25)21-20-16-8-4-7-15(13-16)14-5-2-1-3-6-14/h1-13,20H,(H,21,23). The Morgan fingerprint density at radius 3 is 2.27 bits per heavy atom. The Kier molecular flexibility index (Phi) is 5.09. The third-order valence-electron chi connectivity index (χ3n) is 3.54. The zero-order chi connectivity index (χ0) is 18.4.